The first kappa shape index (κ1) is 15.7. The third-order valence-electron chi connectivity index (χ3n) is 3.48. The number of carbonyl (C=O) groups excluding carboxylic acids is 1. The fourth-order valence-electron chi connectivity index (χ4n) is 1.89. The zero-order valence-corrected chi connectivity index (χ0v) is 12.7. The smallest absolute Gasteiger partial charge is 0.236 e. The number of hydrogen-bond donors (Lipinski definition) is 2. The summed E-state index contributed by atoms with van der Waals surface area (Å²) in [5.74, 6) is 0.432. The van der Waals surface area contributed by atoms with Crippen LogP contribution in [0.4, 0.5) is 0 Å². The molecule has 0 aliphatic heterocycles. The van der Waals surface area contributed by atoms with Gasteiger partial charge in [0.25, 0.3) is 0 Å². The van der Waals surface area contributed by atoms with Crippen molar-refractivity contribution >= 4 is 5.91 Å². The highest BCUT2D eigenvalue weighted by atomic mass is 16.2. The Morgan fingerprint density at radius 3 is 2.16 bits per heavy atom. The van der Waals surface area contributed by atoms with Gasteiger partial charge in [0.05, 0.1) is 6.04 Å². The molecule has 0 radical (unpaired) electrons. The first-order valence-corrected chi connectivity index (χ1v) is 6.88. The minimum atomic E-state index is -0.459. The van der Waals surface area contributed by atoms with Gasteiger partial charge in [-0.15, -0.1) is 0 Å². The molecule has 1 aromatic carbocycles. The molecule has 1 unspecified atom stereocenters. The SMILES string of the molecule is CC(N)C(=O)NCC(C)(C)c1ccc(C(C)C)cc1. The van der Waals surface area contributed by atoms with Crippen LogP contribution in [0.3, 0.4) is 0 Å². The van der Waals surface area contributed by atoms with Crippen LogP contribution in [0.15, 0.2) is 24.3 Å². The van der Waals surface area contributed by atoms with E-state index in [2.05, 4.69) is 57.3 Å². The van der Waals surface area contributed by atoms with E-state index in [1.165, 1.54) is 11.1 Å². The molecule has 3 N–H and O–H groups in total. The molecular weight excluding hydrogens is 236 g/mol. The Labute approximate surface area is 116 Å². The summed E-state index contributed by atoms with van der Waals surface area (Å²) in [4.78, 5) is 11.5. The van der Waals surface area contributed by atoms with E-state index in [1.54, 1.807) is 6.92 Å². The monoisotopic (exact) mass is 262 g/mol. The lowest BCUT2D eigenvalue weighted by atomic mass is 9.83. The first-order chi connectivity index (χ1) is 8.74. The first-order valence-electron chi connectivity index (χ1n) is 6.88. The minimum absolute atomic E-state index is 0.0972. The van der Waals surface area contributed by atoms with Gasteiger partial charge in [-0.05, 0) is 24.0 Å². The van der Waals surface area contributed by atoms with Gasteiger partial charge in [-0.1, -0.05) is 52.0 Å². The summed E-state index contributed by atoms with van der Waals surface area (Å²) in [6.45, 7) is 10.9. The Morgan fingerprint density at radius 2 is 1.74 bits per heavy atom. The predicted octanol–water partition coefficient (Wildman–Crippen LogP) is 2.55. The van der Waals surface area contributed by atoms with Gasteiger partial charge in [-0.25, -0.2) is 0 Å². The quantitative estimate of drug-likeness (QED) is 0.857. The van der Waals surface area contributed by atoms with Gasteiger partial charge >= 0.3 is 0 Å². The van der Waals surface area contributed by atoms with Crippen molar-refractivity contribution in [1.29, 1.82) is 0 Å². The Hall–Kier alpha value is -1.35. The van der Waals surface area contributed by atoms with E-state index in [0.717, 1.165) is 0 Å². The van der Waals surface area contributed by atoms with Crippen molar-refractivity contribution in [3.8, 4) is 0 Å². The van der Waals surface area contributed by atoms with Gasteiger partial charge in [0.2, 0.25) is 5.91 Å². The second-order valence-electron chi connectivity index (χ2n) is 6.17. The molecule has 3 nitrogen and oxygen atoms in total. The molecule has 0 saturated heterocycles. The van der Waals surface area contributed by atoms with Gasteiger partial charge < -0.3 is 11.1 Å². The molecule has 1 amide bonds. The summed E-state index contributed by atoms with van der Waals surface area (Å²) < 4.78 is 0. The number of nitrogens with one attached hydrogen (secondary N) is 1. The van der Waals surface area contributed by atoms with Crippen LogP contribution in [0, 0.1) is 0 Å². The molecular formula is C16H26N2O. The third-order valence-corrected chi connectivity index (χ3v) is 3.48. The van der Waals surface area contributed by atoms with Gasteiger partial charge in [0.1, 0.15) is 0 Å². The lowest BCUT2D eigenvalue weighted by molar-refractivity contribution is -0.122. The average molecular weight is 262 g/mol. The van der Waals surface area contributed by atoms with Crippen LogP contribution in [0.25, 0.3) is 0 Å². The summed E-state index contributed by atoms with van der Waals surface area (Å²) in [6, 6.07) is 8.16. The van der Waals surface area contributed by atoms with Crippen molar-refractivity contribution < 1.29 is 4.79 Å². The van der Waals surface area contributed by atoms with Crippen LogP contribution >= 0.6 is 0 Å². The molecule has 0 fully saturated rings. The van der Waals surface area contributed by atoms with Crippen molar-refractivity contribution in [2.75, 3.05) is 6.54 Å². The fourth-order valence-corrected chi connectivity index (χ4v) is 1.89. The molecule has 0 bridgehead atoms. The minimum Gasteiger partial charge on any atom is -0.354 e. The normalized spacial score (nSPS) is 13.4. The maximum absolute atomic E-state index is 11.5. The molecule has 3 heteroatoms. The lowest BCUT2D eigenvalue weighted by Gasteiger charge is -2.26. The Balaban J connectivity index is 2.74. The van der Waals surface area contributed by atoms with Crippen molar-refractivity contribution in [2.45, 2.75) is 52.0 Å². The van der Waals surface area contributed by atoms with E-state index >= 15 is 0 Å². The molecule has 1 aromatic rings. The van der Waals surface area contributed by atoms with Crippen molar-refractivity contribution in [3.63, 3.8) is 0 Å². The number of nitrogens with two attached hydrogens (primary N) is 1. The summed E-state index contributed by atoms with van der Waals surface area (Å²) in [6.07, 6.45) is 0. The van der Waals surface area contributed by atoms with Gasteiger partial charge in [-0.3, -0.25) is 4.79 Å². The van der Waals surface area contributed by atoms with E-state index in [4.69, 9.17) is 5.73 Å². The number of hydrogen-bond acceptors (Lipinski definition) is 2. The van der Waals surface area contributed by atoms with E-state index in [9.17, 15) is 4.79 Å². The summed E-state index contributed by atoms with van der Waals surface area (Å²) in [5, 5.41) is 2.89. The Bertz CT molecular complexity index is 419. The van der Waals surface area contributed by atoms with Gasteiger partial charge in [0, 0.05) is 12.0 Å². The van der Waals surface area contributed by atoms with Crippen molar-refractivity contribution in [1.82, 2.24) is 5.32 Å². The third kappa shape index (κ3) is 4.35. The molecule has 0 heterocycles. The summed E-state index contributed by atoms with van der Waals surface area (Å²) in [5.41, 5.74) is 8.00. The maximum atomic E-state index is 11.5. The number of benzene rings is 1. The largest absolute Gasteiger partial charge is 0.354 e. The van der Waals surface area contributed by atoms with Crippen LogP contribution in [-0.4, -0.2) is 18.5 Å². The summed E-state index contributed by atoms with van der Waals surface area (Å²) >= 11 is 0. The second kappa shape index (κ2) is 6.20. The molecule has 0 spiro atoms. The highest BCUT2D eigenvalue weighted by Crippen LogP contribution is 2.24. The van der Waals surface area contributed by atoms with E-state index in [-0.39, 0.29) is 11.3 Å². The van der Waals surface area contributed by atoms with E-state index < -0.39 is 6.04 Å². The highest BCUT2D eigenvalue weighted by Gasteiger charge is 2.22. The van der Waals surface area contributed by atoms with Crippen molar-refractivity contribution in [2.24, 2.45) is 5.73 Å². The molecule has 0 saturated carbocycles. The number of carbonyl (C=O) groups is 1. The van der Waals surface area contributed by atoms with Crippen LogP contribution in [0.5, 0.6) is 0 Å². The lowest BCUT2D eigenvalue weighted by Crippen LogP contribution is -2.43. The van der Waals surface area contributed by atoms with E-state index in [0.29, 0.717) is 12.5 Å². The van der Waals surface area contributed by atoms with Crippen LogP contribution in [0.1, 0.15) is 51.7 Å². The molecule has 106 valence electrons. The summed E-state index contributed by atoms with van der Waals surface area (Å²) in [7, 11) is 0. The van der Waals surface area contributed by atoms with Crippen LogP contribution in [0.2, 0.25) is 0 Å². The molecule has 0 aliphatic rings. The standard InChI is InChI=1S/C16H26N2O/c1-11(2)13-6-8-14(9-7-13)16(4,5)10-18-15(19)12(3)17/h6-9,11-12H,10,17H2,1-5H3,(H,18,19). The van der Waals surface area contributed by atoms with Gasteiger partial charge in [-0.2, -0.15) is 0 Å². The molecule has 1 rings (SSSR count). The van der Waals surface area contributed by atoms with Gasteiger partial charge in [0.15, 0.2) is 0 Å². The average Bonchev–Trinajstić information content (AvgIpc) is 2.36. The molecule has 0 aliphatic carbocycles. The fraction of sp³-hybridized carbons (Fsp3) is 0.562. The maximum Gasteiger partial charge on any atom is 0.236 e. The molecule has 1 atom stereocenters. The van der Waals surface area contributed by atoms with Crippen LogP contribution < -0.4 is 11.1 Å². The number of amides is 1. The Kier molecular flexibility index (Phi) is 5.12. The zero-order valence-electron chi connectivity index (χ0n) is 12.7. The zero-order chi connectivity index (χ0) is 14.6. The highest BCUT2D eigenvalue weighted by molar-refractivity contribution is 5.81. The predicted molar refractivity (Wildman–Crippen MR) is 80.2 cm³/mol. The van der Waals surface area contributed by atoms with Crippen LogP contribution in [-0.2, 0) is 10.2 Å². The topological polar surface area (TPSA) is 55.1 Å². The Morgan fingerprint density at radius 1 is 1.21 bits per heavy atom. The van der Waals surface area contributed by atoms with E-state index in [1.807, 2.05) is 0 Å². The second-order valence-corrected chi connectivity index (χ2v) is 6.17. The molecule has 0 aromatic heterocycles. The number of rotatable bonds is 5. The van der Waals surface area contributed by atoms with Crippen molar-refractivity contribution in [3.05, 3.63) is 35.4 Å². The molecule has 19 heavy (non-hydrogen) atoms.